The van der Waals surface area contributed by atoms with Crippen LogP contribution in [0.25, 0.3) is 6.08 Å². The van der Waals surface area contributed by atoms with Gasteiger partial charge in [-0.25, -0.2) is 0 Å². The molecule has 6 heteroatoms. The molecule has 0 atom stereocenters. The molecule has 2 amide bonds. The Morgan fingerprint density at radius 2 is 1.75 bits per heavy atom. The number of ether oxygens (including phenoxy) is 2. The van der Waals surface area contributed by atoms with Crippen molar-refractivity contribution in [1.29, 1.82) is 0 Å². The number of carbonyl (C=O) groups is 2. The number of anilines is 1. The highest BCUT2D eigenvalue weighted by molar-refractivity contribution is 5.92. The molecule has 1 rings (SSSR count). The van der Waals surface area contributed by atoms with Crippen molar-refractivity contribution in [3.05, 3.63) is 35.9 Å². The van der Waals surface area contributed by atoms with Crippen LogP contribution in [-0.4, -0.2) is 57.2 Å². The average molecular weight is 334 g/mol. The van der Waals surface area contributed by atoms with E-state index >= 15 is 0 Å². The molecule has 0 aliphatic carbocycles. The minimum Gasteiger partial charge on any atom is -0.385 e. The number of rotatable bonds is 10. The zero-order valence-corrected chi connectivity index (χ0v) is 14.6. The number of nitrogens with one attached hydrogen (secondary N) is 1. The van der Waals surface area contributed by atoms with Crippen LogP contribution in [0.3, 0.4) is 0 Å². The number of carbonyl (C=O) groups excluding carboxylic acids is 2. The summed E-state index contributed by atoms with van der Waals surface area (Å²) in [5.41, 5.74) is 1.62. The van der Waals surface area contributed by atoms with Gasteiger partial charge < -0.3 is 19.7 Å². The molecule has 0 bridgehead atoms. The Hall–Kier alpha value is -2.18. The van der Waals surface area contributed by atoms with Gasteiger partial charge >= 0.3 is 0 Å². The molecule has 0 saturated carbocycles. The van der Waals surface area contributed by atoms with Gasteiger partial charge in [0.05, 0.1) is 6.61 Å². The summed E-state index contributed by atoms with van der Waals surface area (Å²) in [6.07, 6.45) is 4.09. The van der Waals surface area contributed by atoms with Crippen molar-refractivity contribution in [2.75, 3.05) is 45.8 Å². The van der Waals surface area contributed by atoms with Crippen molar-refractivity contribution in [3.8, 4) is 0 Å². The summed E-state index contributed by atoms with van der Waals surface area (Å²) in [7, 11) is 3.26. The normalized spacial score (nSPS) is 10.8. The van der Waals surface area contributed by atoms with Crippen LogP contribution in [0, 0.1) is 0 Å². The van der Waals surface area contributed by atoms with E-state index in [1.54, 1.807) is 43.4 Å². The number of hydrogen-bond donors (Lipinski definition) is 1. The summed E-state index contributed by atoms with van der Waals surface area (Å²) in [6.45, 7) is 3.75. The first kappa shape index (κ1) is 19.9. The molecular formula is C18H26N2O4. The van der Waals surface area contributed by atoms with E-state index in [-0.39, 0.29) is 11.8 Å². The van der Waals surface area contributed by atoms with Crippen molar-refractivity contribution < 1.29 is 19.1 Å². The summed E-state index contributed by atoms with van der Waals surface area (Å²) < 4.78 is 10.1. The Bertz CT molecular complexity index is 540. The predicted molar refractivity (Wildman–Crippen MR) is 94.7 cm³/mol. The lowest BCUT2D eigenvalue weighted by atomic mass is 10.2. The number of hydrogen-bond acceptors (Lipinski definition) is 4. The molecule has 1 aromatic carbocycles. The first-order chi connectivity index (χ1) is 11.6. The SMILES string of the molecule is COCCCN(CCOC)C(=O)/C=C/c1ccc(NC(C)=O)cc1. The second-order valence-electron chi connectivity index (χ2n) is 5.30. The lowest BCUT2D eigenvalue weighted by Crippen LogP contribution is -2.34. The number of benzene rings is 1. The monoisotopic (exact) mass is 334 g/mol. The zero-order valence-electron chi connectivity index (χ0n) is 14.6. The largest absolute Gasteiger partial charge is 0.385 e. The fourth-order valence-electron chi connectivity index (χ4n) is 2.09. The molecule has 0 aliphatic heterocycles. The van der Waals surface area contributed by atoms with Crippen molar-refractivity contribution >= 4 is 23.6 Å². The molecule has 1 aromatic rings. The van der Waals surface area contributed by atoms with Crippen LogP contribution in [-0.2, 0) is 19.1 Å². The van der Waals surface area contributed by atoms with Gasteiger partial charge in [0.15, 0.2) is 0 Å². The first-order valence-corrected chi connectivity index (χ1v) is 7.89. The van der Waals surface area contributed by atoms with E-state index in [4.69, 9.17) is 9.47 Å². The molecule has 0 heterocycles. The number of methoxy groups -OCH3 is 2. The fraction of sp³-hybridized carbons (Fsp3) is 0.444. The van der Waals surface area contributed by atoms with E-state index in [9.17, 15) is 9.59 Å². The number of nitrogens with zero attached hydrogens (tertiary/aromatic N) is 1. The Balaban J connectivity index is 2.63. The zero-order chi connectivity index (χ0) is 17.8. The lowest BCUT2D eigenvalue weighted by Gasteiger charge is -2.20. The van der Waals surface area contributed by atoms with E-state index in [1.165, 1.54) is 6.92 Å². The summed E-state index contributed by atoms with van der Waals surface area (Å²) in [5.74, 6) is -0.174. The average Bonchev–Trinajstić information content (AvgIpc) is 2.56. The Kier molecular flexibility index (Phi) is 9.41. The lowest BCUT2D eigenvalue weighted by molar-refractivity contribution is -0.126. The highest BCUT2D eigenvalue weighted by Gasteiger charge is 2.09. The minimum atomic E-state index is -0.113. The van der Waals surface area contributed by atoms with Crippen molar-refractivity contribution in [1.82, 2.24) is 4.90 Å². The van der Waals surface area contributed by atoms with Crippen molar-refractivity contribution in [2.45, 2.75) is 13.3 Å². The Labute approximate surface area is 143 Å². The van der Waals surface area contributed by atoms with Gasteiger partial charge in [0, 0.05) is 52.6 Å². The predicted octanol–water partition coefficient (Wildman–Crippen LogP) is 2.17. The number of amides is 2. The highest BCUT2D eigenvalue weighted by Crippen LogP contribution is 2.11. The van der Waals surface area contributed by atoms with Gasteiger partial charge in [-0.3, -0.25) is 9.59 Å². The molecule has 0 radical (unpaired) electrons. The smallest absolute Gasteiger partial charge is 0.246 e. The third-order valence-corrected chi connectivity index (χ3v) is 3.30. The van der Waals surface area contributed by atoms with E-state index in [1.807, 2.05) is 12.1 Å². The van der Waals surface area contributed by atoms with Gasteiger partial charge in [0.1, 0.15) is 0 Å². The molecule has 6 nitrogen and oxygen atoms in total. The first-order valence-electron chi connectivity index (χ1n) is 7.89. The van der Waals surface area contributed by atoms with Gasteiger partial charge in [-0.05, 0) is 30.2 Å². The Morgan fingerprint density at radius 1 is 1.08 bits per heavy atom. The summed E-state index contributed by atoms with van der Waals surface area (Å²) in [4.78, 5) is 25.0. The molecule has 132 valence electrons. The van der Waals surface area contributed by atoms with Gasteiger partial charge in [-0.1, -0.05) is 12.1 Å². The molecular weight excluding hydrogens is 308 g/mol. The fourth-order valence-corrected chi connectivity index (χ4v) is 2.09. The van der Waals surface area contributed by atoms with Crippen LogP contribution >= 0.6 is 0 Å². The van der Waals surface area contributed by atoms with E-state index in [0.717, 1.165) is 17.7 Å². The topological polar surface area (TPSA) is 67.9 Å². The summed E-state index contributed by atoms with van der Waals surface area (Å²) in [6, 6.07) is 7.29. The Morgan fingerprint density at radius 3 is 2.33 bits per heavy atom. The van der Waals surface area contributed by atoms with E-state index in [0.29, 0.717) is 26.3 Å². The quantitative estimate of drug-likeness (QED) is 0.526. The molecule has 0 saturated heterocycles. The maximum Gasteiger partial charge on any atom is 0.246 e. The molecule has 1 N–H and O–H groups in total. The second-order valence-corrected chi connectivity index (χ2v) is 5.30. The minimum absolute atomic E-state index is 0.0610. The van der Waals surface area contributed by atoms with E-state index in [2.05, 4.69) is 5.32 Å². The summed E-state index contributed by atoms with van der Waals surface area (Å²) in [5, 5.41) is 2.70. The van der Waals surface area contributed by atoms with Crippen molar-refractivity contribution in [3.63, 3.8) is 0 Å². The maximum atomic E-state index is 12.3. The van der Waals surface area contributed by atoms with Gasteiger partial charge in [-0.15, -0.1) is 0 Å². The van der Waals surface area contributed by atoms with Crippen molar-refractivity contribution in [2.24, 2.45) is 0 Å². The van der Waals surface area contributed by atoms with Gasteiger partial charge in [0.25, 0.3) is 0 Å². The molecule has 0 fully saturated rings. The highest BCUT2D eigenvalue weighted by atomic mass is 16.5. The molecule has 0 aromatic heterocycles. The molecule has 0 spiro atoms. The standard InChI is InChI=1S/C18H26N2O4/c1-15(21)19-17-8-5-16(6-9-17)7-10-18(22)20(12-14-24-3)11-4-13-23-2/h5-10H,4,11-14H2,1-3H3,(H,19,21)/b10-7+. The van der Waals surface area contributed by atoms with Crippen LogP contribution in [0.15, 0.2) is 30.3 Å². The van der Waals surface area contributed by atoms with Crippen LogP contribution in [0.4, 0.5) is 5.69 Å². The van der Waals surface area contributed by atoms with Gasteiger partial charge in [-0.2, -0.15) is 0 Å². The second kappa shape index (κ2) is 11.4. The van der Waals surface area contributed by atoms with E-state index < -0.39 is 0 Å². The molecule has 0 unspecified atom stereocenters. The molecule has 0 aliphatic rings. The van der Waals surface area contributed by atoms with Gasteiger partial charge in [0.2, 0.25) is 11.8 Å². The molecule has 24 heavy (non-hydrogen) atoms. The third kappa shape index (κ3) is 7.89. The summed E-state index contributed by atoms with van der Waals surface area (Å²) >= 11 is 0. The van der Waals surface area contributed by atoms with Crippen LogP contribution < -0.4 is 5.32 Å². The van der Waals surface area contributed by atoms with Crippen LogP contribution in [0.2, 0.25) is 0 Å². The maximum absolute atomic E-state index is 12.3. The van der Waals surface area contributed by atoms with Crippen LogP contribution in [0.1, 0.15) is 18.9 Å². The van der Waals surface area contributed by atoms with Crippen LogP contribution in [0.5, 0.6) is 0 Å². The third-order valence-electron chi connectivity index (χ3n) is 3.30.